The first-order valence-electron chi connectivity index (χ1n) is 8.56. The second-order valence-corrected chi connectivity index (χ2v) is 7.45. The molecule has 0 bridgehead atoms. The molecule has 25 heavy (non-hydrogen) atoms. The normalized spacial score (nSPS) is 15.5. The summed E-state index contributed by atoms with van der Waals surface area (Å²) in [6, 6.07) is 8.87. The van der Waals surface area contributed by atoms with Gasteiger partial charge in [-0.05, 0) is 48.2 Å². The van der Waals surface area contributed by atoms with Gasteiger partial charge in [0, 0.05) is 10.9 Å². The van der Waals surface area contributed by atoms with E-state index in [-0.39, 0.29) is 11.9 Å². The number of aryl methyl sites for hydroxylation is 1. The monoisotopic (exact) mass is 403 g/mol. The molecule has 7 heteroatoms. The van der Waals surface area contributed by atoms with Crippen LogP contribution in [0.5, 0.6) is 0 Å². The minimum atomic E-state index is -0.234. The summed E-state index contributed by atoms with van der Waals surface area (Å²) in [5.41, 5.74) is 1.66. The Balaban J connectivity index is 1.65. The van der Waals surface area contributed by atoms with Gasteiger partial charge < -0.3 is 5.32 Å². The number of hydrogen-bond donors (Lipinski definition) is 1. The zero-order valence-corrected chi connectivity index (χ0v) is 15.5. The Kier molecular flexibility index (Phi) is 4.41. The van der Waals surface area contributed by atoms with Gasteiger partial charge in [-0.3, -0.25) is 0 Å². The molecule has 0 aliphatic heterocycles. The zero-order valence-electron chi connectivity index (χ0n) is 13.9. The summed E-state index contributed by atoms with van der Waals surface area (Å²) >= 11 is 3.39. The molecule has 1 saturated carbocycles. The van der Waals surface area contributed by atoms with Crippen LogP contribution in [-0.4, -0.2) is 19.8 Å². The van der Waals surface area contributed by atoms with Crippen LogP contribution in [0.2, 0.25) is 0 Å². The van der Waals surface area contributed by atoms with E-state index in [4.69, 9.17) is 0 Å². The molecule has 1 atom stereocenters. The van der Waals surface area contributed by atoms with Crippen LogP contribution in [0, 0.1) is 11.7 Å². The van der Waals surface area contributed by atoms with Gasteiger partial charge in [-0.15, -0.1) is 15.3 Å². The van der Waals surface area contributed by atoms with Crippen LogP contribution in [-0.2, 0) is 6.42 Å². The van der Waals surface area contributed by atoms with E-state index >= 15 is 0 Å². The highest BCUT2D eigenvalue weighted by Crippen LogP contribution is 2.39. The van der Waals surface area contributed by atoms with E-state index in [1.807, 2.05) is 25.1 Å². The van der Waals surface area contributed by atoms with Gasteiger partial charge in [-0.25, -0.2) is 4.39 Å². The Hall–Kier alpha value is -2.02. The average Bonchev–Trinajstić information content (AvgIpc) is 3.30. The Morgan fingerprint density at radius 1 is 1.28 bits per heavy atom. The van der Waals surface area contributed by atoms with Gasteiger partial charge in [-0.2, -0.15) is 4.52 Å². The lowest BCUT2D eigenvalue weighted by Crippen LogP contribution is -2.14. The number of rotatable bonds is 6. The standard InChI is InChI=1S/C18H19BrFN5/c1-2-17-22-23-18-6-5-16(24-25(17)18)21-15(7-11-3-4-11)12-8-13(19)10-14(20)9-12/h5-6,8-11,15H,2-4,7H2,1H3,(H,21,24). The van der Waals surface area contributed by atoms with Gasteiger partial charge in [0.25, 0.3) is 0 Å². The summed E-state index contributed by atoms with van der Waals surface area (Å²) in [4.78, 5) is 0. The number of hydrogen-bond acceptors (Lipinski definition) is 4. The van der Waals surface area contributed by atoms with Gasteiger partial charge in [0.1, 0.15) is 11.6 Å². The van der Waals surface area contributed by atoms with Crippen molar-refractivity contribution in [3.05, 3.63) is 52.0 Å². The Morgan fingerprint density at radius 2 is 2.12 bits per heavy atom. The molecule has 0 amide bonds. The van der Waals surface area contributed by atoms with Crippen molar-refractivity contribution in [3.63, 3.8) is 0 Å². The van der Waals surface area contributed by atoms with Crippen molar-refractivity contribution in [1.82, 2.24) is 19.8 Å². The number of aromatic nitrogens is 4. The molecule has 0 spiro atoms. The lowest BCUT2D eigenvalue weighted by molar-refractivity contribution is 0.601. The van der Waals surface area contributed by atoms with Crippen LogP contribution in [0.25, 0.3) is 5.65 Å². The second-order valence-electron chi connectivity index (χ2n) is 6.54. The molecule has 5 nitrogen and oxygen atoms in total. The maximum Gasteiger partial charge on any atom is 0.178 e. The predicted molar refractivity (Wildman–Crippen MR) is 98.0 cm³/mol. The maximum absolute atomic E-state index is 13.9. The van der Waals surface area contributed by atoms with Gasteiger partial charge in [0.2, 0.25) is 0 Å². The molecule has 1 fully saturated rings. The highest BCUT2D eigenvalue weighted by Gasteiger charge is 2.27. The minimum absolute atomic E-state index is 0.0195. The van der Waals surface area contributed by atoms with Crippen molar-refractivity contribution in [2.75, 3.05) is 5.32 Å². The van der Waals surface area contributed by atoms with E-state index < -0.39 is 0 Å². The van der Waals surface area contributed by atoms with Crippen molar-refractivity contribution in [2.45, 2.75) is 38.6 Å². The predicted octanol–water partition coefficient (Wildman–Crippen LogP) is 4.54. The molecule has 1 aliphatic carbocycles. The van der Waals surface area contributed by atoms with Crippen LogP contribution in [0.15, 0.2) is 34.8 Å². The van der Waals surface area contributed by atoms with Crippen molar-refractivity contribution < 1.29 is 4.39 Å². The minimum Gasteiger partial charge on any atom is -0.362 e. The second kappa shape index (κ2) is 6.71. The number of halogens is 2. The van der Waals surface area contributed by atoms with E-state index in [9.17, 15) is 4.39 Å². The van der Waals surface area contributed by atoms with Crippen molar-refractivity contribution in [1.29, 1.82) is 0 Å². The summed E-state index contributed by atoms with van der Waals surface area (Å²) in [7, 11) is 0. The quantitative estimate of drug-likeness (QED) is 0.656. The fourth-order valence-electron chi connectivity index (χ4n) is 3.05. The van der Waals surface area contributed by atoms with Gasteiger partial charge in [-0.1, -0.05) is 35.7 Å². The largest absolute Gasteiger partial charge is 0.362 e. The van der Waals surface area contributed by atoms with Crippen molar-refractivity contribution >= 4 is 27.4 Å². The summed E-state index contributed by atoms with van der Waals surface area (Å²) < 4.78 is 16.4. The van der Waals surface area contributed by atoms with E-state index in [0.717, 1.165) is 40.2 Å². The first kappa shape index (κ1) is 16.4. The van der Waals surface area contributed by atoms with Gasteiger partial charge in [0.15, 0.2) is 11.5 Å². The molecule has 1 aliphatic rings. The van der Waals surface area contributed by atoms with E-state index in [1.165, 1.54) is 18.9 Å². The molecule has 1 unspecified atom stereocenters. The smallest absolute Gasteiger partial charge is 0.178 e. The highest BCUT2D eigenvalue weighted by molar-refractivity contribution is 9.10. The maximum atomic E-state index is 13.9. The molecule has 2 aromatic heterocycles. The van der Waals surface area contributed by atoms with Gasteiger partial charge in [0.05, 0.1) is 6.04 Å². The van der Waals surface area contributed by atoms with Crippen molar-refractivity contribution in [3.8, 4) is 0 Å². The SMILES string of the molecule is CCc1nnc2ccc(NC(CC3CC3)c3cc(F)cc(Br)c3)nn12. The first-order valence-corrected chi connectivity index (χ1v) is 9.35. The number of nitrogens with one attached hydrogen (secondary N) is 1. The molecule has 0 saturated heterocycles. The average molecular weight is 404 g/mol. The third-order valence-electron chi connectivity index (χ3n) is 4.52. The molecule has 0 radical (unpaired) electrons. The zero-order chi connectivity index (χ0) is 17.4. The molecule has 2 heterocycles. The molecule has 1 aromatic carbocycles. The van der Waals surface area contributed by atoms with Crippen LogP contribution in [0.3, 0.4) is 0 Å². The number of anilines is 1. The molecule has 4 rings (SSSR count). The number of nitrogens with zero attached hydrogens (tertiary/aromatic N) is 4. The molecular formula is C18H19BrFN5. The van der Waals surface area contributed by atoms with E-state index in [0.29, 0.717) is 5.92 Å². The lowest BCUT2D eigenvalue weighted by Gasteiger charge is -2.20. The summed E-state index contributed by atoms with van der Waals surface area (Å²) in [5, 5.41) is 16.4. The van der Waals surface area contributed by atoms with Crippen LogP contribution in [0.4, 0.5) is 10.2 Å². The fourth-order valence-corrected chi connectivity index (χ4v) is 3.53. The lowest BCUT2D eigenvalue weighted by atomic mass is 10.0. The molecule has 130 valence electrons. The third-order valence-corrected chi connectivity index (χ3v) is 4.98. The molecule has 3 aromatic rings. The van der Waals surface area contributed by atoms with Crippen molar-refractivity contribution in [2.24, 2.45) is 5.92 Å². The molecular weight excluding hydrogens is 385 g/mol. The Bertz CT molecular complexity index is 885. The molecule has 1 N–H and O–H groups in total. The van der Waals surface area contributed by atoms with Crippen LogP contribution >= 0.6 is 15.9 Å². The summed E-state index contributed by atoms with van der Waals surface area (Å²) in [5.74, 6) is 2.03. The highest BCUT2D eigenvalue weighted by atomic mass is 79.9. The van der Waals surface area contributed by atoms with E-state index in [1.54, 1.807) is 10.6 Å². The summed E-state index contributed by atoms with van der Waals surface area (Å²) in [6.45, 7) is 2.03. The van der Waals surface area contributed by atoms with Crippen LogP contribution in [0.1, 0.15) is 43.6 Å². The third kappa shape index (κ3) is 3.66. The Morgan fingerprint density at radius 3 is 2.84 bits per heavy atom. The van der Waals surface area contributed by atoms with Gasteiger partial charge >= 0.3 is 0 Å². The summed E-state index contributed by atoms with van der Waals surface area (Å²) in [6.07, 6.45) is 4.22. The fraction of sp³-hybridized carbons (Fsp3) is 0.389. The Labute approximate surface area is 153 Å². The van der Waals surface area contributed by atoms with E-state index in [2.05, 4.69) is 36.5 Å². The number of fused-ring (bicyclic) bond motifs is 1. The number of benzene rings is 1. The first-order chi connectivity index (χ1) is 12.1. The topological polar surface area (TPSA) is 55.1 Å². The van der Waals surface area contributed by atoms with Crippen LogP contribution < -0.4 is 5.32 Å².